The third-order valence-corrected chi connectivity index (χ3v) is 5.58. The number of Topliss-reactive ketones (excluding diaryl/α,β-unsaturated/α-hetero) is 2. The van der Waals surface area contributed by atoms with Gasteiger partial charge in [0, 0.05) is 8.95 Å². The molecule has 0 unspecified atom stereocenters. The summed E-state index contributed by atoms with van der Waals surface area (Å²) < 4.78 is 5.22. The highest BCUT2D eigenvalue weighted by Gasteiger charge is 2.46. The fourth-order valence-corrected chi connectivity index (χ4v) is 4.08. The summed E-state index contributed by atoms with van der Waals surface area (Å²) in [4.78, 5) is 74.5. The Labute approximate surface area is 178 Å². The number of ketones is 2. The second-order valence-corrected chi connectivity index (χ2v) is 7.55. The smallest absolute Gasteiger partial charge is 0.358 e. The Balaban J connectivity index is 1.65. The standard InChI is InChI=1S/C18H6Br2N2O7/c19-7-3-1-5-9-11(7)13(23)15(25)21(9)17(27)29-18(28)22-10-6-2-4-8(20)12(10)14(24)16(22)26/h1-6H. The number of nitrogens with zero attached hydrogens (tertiary/aromatic N) is 2. The molecule has 2 aromatic rings. The van der Waals surface area contributed by atoms with Gasteiger partial charge >= 0.3 is 24.0 Å². The molecule has 0 spiro atoms. The molecule has 0 radical (unpaired) electrons. The molecule has 9 nitrogen and oxygen atoms in total. The van der Waals surface area contributed by atoms with E-state index in [0.29, 0.717) is 9.80 Å². The third-order valence-electron chi connectivity index (χ3n) is 4.25. The molecule has 2 aliphatic rings. The van der Waals surface area contributed by atoms with E-state index in [1.54, 1.807) is 0 Å². The molecule has 2 aliphatic heterocycles. The molecule has 4 rings (SSSR count). The molecule has 0 saturated heterocycles. The lowest BCUT2D eigenvalue weighted by atomic mass is 10.1. The van der Waals surface area contributed by atoms with Crippen LogP contribution in [0.5, 0.6) is 0 Å². The number of carbonyl (C=O) groups is 6. The first-order valence-electron chi connectivity index (χ1n) is 7.84. The minimum atomic E-state index is -1.48. The maximum atomic E-state index is 12.5. The van der Waals surface area contributed by atoms with Crippen molar-refractivity contribution in [1.82, 2.24) is 0 Å². The number of fused-ring (bicyclic) bond motifs is 2. The molecule has 4 amide bonds. The Kier molecular flexibility index (Phi) is 4.43. The third kappa shape index (κ3) is 2.73. The van der Waals surface area contributed by atoms with Crippen LogP contribution in [0.25, 0.3) is 0 Å². The van der Waals surface area contributed by atoms with Crippen molar-refractivity contribution in [3.63, 3.8) is 0 Å². The first kappa shape index (κ1) is 19.2. The molecule has 0 fully saturated rings. The number of hydrogen-bond acceptors (Lipinski definition) is 7. The summed E-state index contributed by atoms with van der Waals surface area (Å²) in [7, 11) is 0. The van der Waals surface area contributed by atoms with Crippen LogP contribution in [0.4, 0.5) is 21.0 Å². The van der Waals surface area contributed by atoms with Gasteiger partial charge < -0.3 is 4.74 Å². The van der Waals surface area contributed by atoms with Gasteiger partial charge in [0.1, 0.15) is 0 Å². The highest BCUT2D eigenvalue weighted by molar-refractivity contribution is 9.10. The van der Waals surface area contributed by atoms with Gasteiger partial charge in [-0.3, -0.25) is 19.2 Å². The summed E-state index contributed by atoms with van der Waals surface area (Å²) in [6.45, 7) is 0. The number of amides is 4. The number of carbonyl (C=O) groups excluding carboxylic acids is 6. The lowest BCUT2D eigenvalue weighted by Crippen LogP contribution is -2.42. The van der Waals surface area contributed by atoms with Crippen LogP contribution < -0.4 is 9.80 Å². The van der Waals surface area contributed by atoms with Crippen molar-refractivity contribution in [2.45, 2.75) is 0 Å². The molecule has 0 atom stereocenters. The summed E-state index contributed by atoms with van der Waals surface area (Å²) >= 11 is 6.24. The quantitative estimate of drug-likeness (QED) is 0.385. The predicted octanol–water partition coefficient (Wildman–Crippen LogP) is 3.23. The summed E-state index contributed by atoms with van der Waals surface area (Å²) in [5.74, 6) is -4.34. The summed E-state index contributed by atoms with van der Waals surface area (Å²) in [6.07, 6.45) is -2.96. The molecule has 11 heteroatoms. The topological polar surface area (TPSA) is 118 Å². The van der Waals surface area contributed by atoms with E-state index < -0.39 is 35.6 Å². The summed E-state index contributed by atoms with van der Waals surface area (Å²) in [6, 6.07) is 8.62. The molecule has 0 saturated carbocycles. The van der Waals surface area contributed by atoms with Gasteiger partial charge in [0.05, 0.1) is 22.5 Å². The van der Waals surface area contributed by atoms with Crippen LogP contribution in [-0.2, 0) is 14.3 Å². The monoisotopic (exact) mass is 520 g/mol. The zero-order valence-corrected chi connectivity index (χ0v) is 17.1. The van der Waals surface area contributed by atoms with Crippen LogP contribution in [-0.4, -0.2) is 35.6 Å². The number of halogens is 2. The van der Waals surface area contributed by atoms with Gasteiger partial charge in [-0.1, -0.05) is 12.1 Å². The Hall–Kier alpha value is -3.18. The largest absolute Gasteiger partial charge is 0.430 e. The van der Waals surface area contributed by atoms with E-state index in [4.69, 9.17) is 0 Å². The van der Waals surface area contributed by atoms with Crippen molar-refractivity contribution < 1.29 is 33.5 Å². The van der Waals surface area contributed by atoms with Crippen molar-refractivity contribution in [3.8, 4) is 0 Å². The van der Waals surface area contributed by atoms with Crippen molar-refractivity contribution >= 4 is 78.8 Å². The normalized spacial score (nSPS) is 15.0. The second kappa shape index (κ2) is 6.71. The minimum absolute atomic E-state index is 0.0522. The van der Waals surface area contributed by atoms with Gasteiger partial charge in [0.15, 0.2) is 0 Å². The van der Waals surface area contributed by atoms with Crippen LogP contribution in [0.2, 0.25) is 0 Å². The maximum absolute atomic E-state index is 12.5. The maximum Gasteiger partial charge on any atom is 0.430 e. The predicted molar refractivity (Wildman–Crippen MR) is 104 cm³/mol. The lowest BCUT2D eigenvalue weighted by Gasteiger charge is -2.17. The van der Waals surface area contributed by atoms with Crippen molar-refractivity contribution in [3.05, 3.63) is 56.5 Å². The minimum Gasteiger partial charge on any atom is -0.358 e. The fourth-order valence-electron chi connectivity index (χ4n) is 3.01. The average Bonchev–Trinajstić information content (AvgIpc) is 3.08. The number of rotatable bonds is 0. The Morgan fingerprint density at radius 3 is 1.45 bits per heavy atom. The Bertz CT molecular complexity index is 1100. The first-order chi connectivity index (χ1) is 13.7. The van der Waals surface area contributed by atoms with Crippen LogP contribution in [0.3, 0.4) is 0 Å². The molecule has 2 aromatic carbocycles. The van der Waals surface area contributed by atoms with E-state index in [9.17, 15) is 28.8 Å². The van der Waals surface area contributed by atoms with Gasteiger partial charge in [-0.2, -0.15) is 0 Å². The zero-order valence-electron chi connectivity index (χ0n) is 14.0. The van der Waals surface area contributed by atoms with Gasteiger partial charge in [-0.25, -0.2) is 19.4 Å². The van der Waals surface area contributed by atoms with E-state index >= 15 is 0 Å². The Morgan fingerprint density at radius 2 is 1.07 bits per heavy atom. The molecule has 0 aromatic heterocycles. The van der Waals surface area contributed by atoms with E-state index in [1.165, 1.54) is 36.4 Å². The summed E-state index contributed by atoms with van der Waals surface area (Å²) in [5.41, 5.74) is -0.245. The highest BCUT2D eigenvalue weighted by atomic mass is 79.9. The molecule has 29 heavy (non-hydrogen) atoms. The van der Waals surface area contributed by atoms with Crippen molar-refractivity contribution in [2.24, 2.45) is 0 Å². The van der Waals surface area contributed by atoms with Crippen molar-refractivity contribution in [1.29, 1.82) is 0 Å². The van der Waals surface area contributed by atoms with Gasteiger partial charge in [-0.05, 0) is 56.1 Å². The second-order valence-electron chi connectivity index (χ2n) is 5.84. The molecule has 2 heterocycles. The summed E-state index contributed by atoms with van der Waals surface area (Å²) in [5, 5.41) is 0. The average molecular weight is 522 g/mol. The number of benzene rings is 2. The Morgan fingerprint density at radius 1 is 0.690 bits per heavy atom. The fraction of sp³-hybridized carbons (Fsp3) is 0. The number of imide groups is 2. The number of ether oxygens (including phenoxy) is 1. The molecule has 144 valence electrons. The molecule has 0 bridgehead atoms. The highest BCUT2D eigenvalue weighted by Crippen LogP contribution is 2.36. The van der Waals surface area contributed by atoms with E-state index in [2.05, 4.69) is 36.6 Å². The molecular formula is C18H6Br2N2O7. The SMILES string of the molecule is O=C1C(=O)N(C(=O)OC(=O)N2C(=O)C(=O)c3c(Br)cccc32)c2cccc(Br)c21. The van der Waals surface area contributed by atoms with Gasteiger partial charge in [0.25, 0.3) is 11.6 Å². The van der Waals surface area contributed by atoms with Crippen LogP contribution in [0.1, 0.15) is 20.7 Å². The molecular weight excluding hydrogens is 516 g/mol. The van der Waals surface area contributed by atoms with Crippen LogP contribution >= 0.6 is 31.9 Å². The molecule has 0 N–H and O–H groups in total. The lowest BCUT2D eigenvalue weighted by molar-refractivity contribution is -0.114. The first-order valence-corrected chi connectivity index (χ1v) is 9.43. The van der Waals surface area contributed by atoms with Crippen molar-refractivity contribution in [2.75, 3.05) is 9.80 Å². The van der Waals surface area contributed by atoms with Gasteiger partial charge in [-0.15, -0.1) is 0 Å². The van der Waals surface area contributed by atoms with Gasteiger partial charge in [0.2, 0.25) is 0 Å². The number of hydrogen-bond donors (Lipinski definition) is 0. The van der Waals surface area contributed by atoms with Crippen LogP contribution in [0, 0.1) is 0 Å². The van der Waals surface area contributed by atoms with Crippen LogP contribution in [0.15, 0.2) is 45.3 Å². The zero-order chi connectivity index (χ0) is 21.0. The molecule has 0 aliphatic carbocycles. The van der Waals surface area contributed by atoms with E-state index in [-0.39, 0.29) is 31.4 Å². The van der Waals surface area contributed by atoms with E-state index in [0.717, 1.165) is 0 Å². The number of anilines is 2. The van der Waals surface area contributed by atoms with E-state index in [1.807, 2.05) is 0 Å².